The third-order valence-corrected chi connectivity index (χ3v) is 3.42. The molecule has 2 rings (SSSR count). The van der Waals surface area contributed by atoms with Crippen LogP contribution in [0.2, 0.25) is 5.15 Å². The van der Waals surface area contributed by atoms with Crippen molar-refractivity contribution < 1.29 is 0 Å². The number of hydrogen-bond acceptors (Lipinski definition) is 2. The molecule has 0 amide bonds. The van der Waals surface area contributed by atoms with E-state index in [0.29, 0.717) is 11.7 Å². The molecule has 0 unspecified atom stereocenters. The van der Waals surface area contributed by atoms with Gasteiger partial charge in [0.05, 0.1) is 5.69 Å². The molecule has 2 N–H and O–H groups in total. The molecule has 0 saturated heterocycles. The lowest BCUT2D eigenvalue weighted by Crippen LogP contribution is -2.07. The van der Waals surface area contributed by atoms with Crippen LogP contribution < -0.4 is 5.73 Å². The first kappa shape index (κ1) is 12.6. The van der Waals surface area contributed by atoms with E-state index in [1.807, 2.05) is 35.9 Å². The zero-order valence-electron chi connectivity index (χ0n) is 9.45. The molecule has 17 heavy (non-hydrogen) atoms. The highest BCUT2D eigenvalue weighted by Crippen LogP contribution is 2.26. The van der Waals surface area contributed by atoms with Crippen molar-refractivity contribution >= 4 is 27.5 Å². The molecule has 90 valence electrons. The van der Waals surface area contributed by atoms with Crippen LogP contribution in [0.5, 0.6) is 0 Å². The van der Waals surface area contributed by atoms with Gasteiger partial charge in [-0.3, -0.25) is 0 Å². The number of nitrogens with zero attached hydrogens (tertiary/aromatic N) is 2. The van der Waals surface area contributed by atoms with Gasteiger partial charge in [-0.05, 0) is 18.7 Å². The van der Waals surface area contributed by atoms with Crippen LogP contribution >= 0.6 is 27.5 Å². The largest absolute Gasteiger partial charge is 0.330 e. The van der Waals surface area contributed by atoms with Crippen LogP contribution in [-0.4, -0.2) is 16.1 Å². The van der Waals surface area contributed by atoms with Crippen molar-refractivity contribution in [2.75, 3.05) is 6.54 Å². The number of aromatic nitrogens is 2. The molecule has 1 heterocycles. The molecule has 0 bridgehead atoms. The standard InChI is InChI=1S/C12H13BrClN3/c1-17-10(5-6-15)11(14)16-12(17)8-3-2-4-9(13)7-8/h2-4,7H,5-6,15H2,1H3. The maximum atomic E-state index is 6.12. The van der Waals surface area contributed by atoms with Gasteiger partial charge in [-0.15, -0.1) is 0 Å². The summed E-state index contributed by atoms with van der Waals surface area (Å²) in [6, 6.07) is 7.99. The van der Waals surface area contributed by atoms with E-state index < -0.39 is 0 Å². The van der Waals surface area contributed by atoms with Gasteiger partial charge in [-0.1, -0.05) is 39.7 Å². The molecule has 1 aromatic carbocycles. The Morgan fingerprint density at radius 2 is 2.24 bits per heavy atom. The molecule has 0 aliphatic heterocycles. The minimum atomic E-state index is 0.535. The summed E-state index contributed by atoms with van der Waals surface area (Å²) in [4.78, 5) is 4.39. The first-order valence-electron chi connectivity index (χ1n) is 5.30. The summed E-state index contributed by atoms with van der Waals surface area (Å²) in [5.41, 5.74) is 7.57. The zero-order chi connectivity index (χ0) is 12.4. The monoisotopic (exact) mass is 313 g/mol. The Labute approximate surface area is 114 Å². The quantitative estimate of drug-likeness (QED) is 0.946. The van der Waals surface area contributed by atoms with Crippen molar-refractivity contribution in [3.63, 3.8) is 0 Å². The number of imidazole rings is 1. The van der Waals surface area contributed by atoms with E-state index in [1.165, 1.54) is 0 Å². The minimum absolute atomic E-state index is 0.535. The van der Waals surface area contributed by atoms with Gasteiger partial charge in [0.1, 0.15) is 5.82 Å². The van der Waals surface area contributed by atoms with Crippen LogP contribution in [0.4, 0.5) is 0 Å². The lowest BCUT2D eigenvalue weighted by atomic mass is 10.2. The first-order valence-corrected chi connectivity index (χ1v) is 6.47. The molecule has 0 radical (unpaired) electrons. The predicted molar refractivity (Wildman–Crippen MR) is 74.1 cm³/mol. The average Bonchev–Trinajstić information content (AvgIpc) is 2.57. The highest BCUT2D eigenvalue weighted by Gasteiger charge is 2.13. The molecule has 0 atom stereocenters. The molecule has 0 spiro atoms. The Bertz CT molecular complexity index is 537. The fourth-order valence-electron chi connectivity index (χ4n) is 1.79. The number of rotatable bonds is 3. The maximum Gasteiger partial charge on any atom is 0.151 e. The van der Waals surface area contributed by atoms with E-state index in [0.717, 1.165) is 28.0 Å². The Morgan fingerprint density at radius 3 is 2.88 bits per heavy atom. The SMILES string of the molecule is Cn1c(-c2cccc(Br)c2)nc(Cl)c1CCN. The summed E-state index contributed by atoms with van der Waals surface area (Å²) in [5.74, 6) is 0.861. The number of halogens is 2. The smallest absolute Gasteiger partial charge is 0.151 e. The van der Waals surface area contributed by atoms with Crippen molar-refractivity contribution in [2.24, 2.45) is 12.8 Å². The molecular weight excluding hydrogens is 302 g/mol. The van der Waals surface area contributed by atoms with E-state index in [9.17, 15) is 0 Å². The second-order valence-corrected chi connectivity index (χ2v) is 5.05. The van der Waals surface area contributed by atoms with Crippen LogP contribution in [0, 0.1) is 0 Å². The highest BCUT2D eigenvalue weighted by molar-refractivity contribution is 9.10. The van der Waals surface area contributed by atoms with Crippen molar-refractivity contribution in [1.29, 1.82) is 0 Å². The summed E-state index contributed by atoms with van der Waals surface area (Å²) in [6.45, 7) is 0.567. The Hall–Kier alpha value is -0.840. The Kier molecular flexibility index (Phi) is 3.86. The fourth-order valence-corrected chi connectivity index (χ4v) is 2.49. The summed E-state index contributed by atoms with van der Waals surface area (Å²) in [5, 5.41) is 0.535. The molecule has 0 aliphatic carbocycles. The van der Waals surface area contributed by atoms with Crippen molar-refractivity contribution in [1.82, 2.24) is 9.55 Å². The van der Waals surface area contributed by atoms with Gasteiger partial charge in [0.15, 0.2) is 5.15 Å². The molecule has 0 fully saturated rings. The third kappa shape index (κ3) is 2.54. The van der Waals surface area contributed by atoms with E-state index in [4.69, 9.17) is 17.3 Å². The first-order chi connectivity index (χ1) is 8.13. The number of nitrogens with two attached hydrogens (primary N) is 1. The van der Waals surface area contributed by atoms with Crippen LogP contribution in [0.1, 0.15) is 5.69 Å². The van der Waals surface area contributed by atoms with Gasteiger partial charge in [-0.25, -0.2) is 4.98 Å². The van der Waals surface area contributed by atoms with Crippen molar-refractivity contribution in [3.8, 4) is 11.4 Å². The molecule has 3 nitrogen and oxygen atoms in total. The topological polar surface area (TPSA) is 43.8 Å². The zero-order valence-corrected chi connectivity index (χ0v) is 11.8. The van der Waals surface area contributed by atoms with Gasteiger partial charge in [-0.2, -0.15) is 0 Å². The Balaban J connectivity index is 2.50. The molecule has 0 saturated carbocycles. The number of benzene rings is 1. The minimum Gasteiger partial charge on any atom is -0.330 e. The van der Waals surface area contributed by atoms with Crippen LogP contribution in [0.15, 0.2) is 28.7 Å². The number of hydrogen-bond donors (Lipinski definition) is 1. The molecule has 1 aromatic heterocycles. The summed E-state index contributed by atoms with van der Waals surface area (Å²) < 4.78 is 3.02. The third-order valence-electron chi connectivity index (χ3n) is 2.63. The van der Waals surface area contributed by atoms with Gasteiger partial charge in [0.2, 0.25) is 0 Å². The molecular formula is C12H13BrClN3. The van der Waals surface area contributed by atoms with E-state index >= 15 is 0 Å². The molecule has 2 aromatic rings. The van der Waals surface area contributed by atoms with Crippen LogP contribution in [-0.2, 0) is 13.5 Å². The van der Waals surface area contributed by atoms with E-state index in [-0.39, 0.29) is 0 Å². The van der Waals surface area contributed by atoms with Gasteiger partial charge in [0, 0.05) is 23.5 Å². The second kappa shape index (κ2) is 5.21. The maximum absolute atomic E-state index is 6.12. The van der Waals surface area contributed by atoms with E-state index in [1.54, 1.807) is 0 Å². The van der Waals surface area contributed by atoms with Gasteiger partial charge in [0.25, 0.3) is 0 Å². The second-order valence-electron chi connectivity index (χ2n) is 3.78. The van der Waals surface area contributed by atoms with Gasteiger partial charge < -0.3 is 10.3 Å². The molecule has 0 aliphatic rings. The lowest BCUT2D eigenvalue weighted by molar-refractivity contribution is 0.811. The molecule has 5 heteroatoms. The summed E-state index contributed by atoms with van der Waals surface area (Å²) in [7, 11) is 1.96. The van der Waals surface area contributed by atoms with Crippen LogP contribution in [0.25, 0.3) is 11.4 Å². The Morgan fingerprint density at radius 1 is 1.47 bits per heavy atom. The average molecular weight is 315 g/mol. The highest BCUT2D eigenvalue weighted by atomic mass is 79.9. The van der Waals surface area contributed by atoms with Crippen LogP contribution in [0.3, 0.4) is 0 Å². The fraction of sp³-hybridized carbons (Fsp3) is 0.250. The predicted octanol–water partition coefficient (Wildman–Crippen LogP) is 3.00. The lowest BCUT2D eigenvalue weighted by Gasteiger charge is -2.05. The van der Waals surface area contributed by atoms with Crippen molar-refractivity contribution in [2.45, 2.75) is 6.42 Å². The van der Waals surface area contributed by atoms with Gasteiger partial charge >= 0.3 is 0 Å². The normalized spacial score (nSPS) is 10.8. The summed E-state index contributed by atoms with van der Waals surface area (Å²) in [6.07, 6.45) is 0.732. The van der Waals surface area contributed by atoms with E-state index in [2.05, 4.69) is 20.9 Å². The van der Waals surface area contributed by atoms with Crippen molar-refractivity contribution in [3.05, 3.63) is 39.6 Å². The summed E-state index contributed by atoms with van der Waals surface area (Å²) >= 11 is 9.57.